The third kappa shape index (κ3) is 6.84. The fraction of sp³-hybridized carbons (Fsp3) is 0.800. The van der Waals surface area contributed by atoms with Crippen molar-refractivity contribution < 1.29 is 20.1 Å². The normalized spacial score (nSPS) is 35.7. The number of allylic oxidation sites excluding steroid dienone is 3. The van der Waals surface area contributed by atoms with Gasteiger partial charge in [-0.3, -0.25) is 0 Å². The fourth-order valence-corrected chi connectivity index (χ4v) is 7.15. The van der Waals surface area contributed by atoms with E-state index in [1.54, 1.807) is 5.57 Å². The lowest BCUT2D eigenvalue weighted by Gasteiger charge is -2.44. The van der Waals surface area contributed by atoms with Crippen molar-refractivity contribution in [2.75, 3.05) is 13.2 Å². The number of aliphatic hydroxyl groups is 3. The van der Waals surface area contributed by atoms with Gasteiger partial charge in [0.2, 0.25) is 0 Å². The van der Waals surface area contributed by atoms with E-state index in [1.807, 2.05) is 13.8 Å². The molecule has 0 aliphatic heterocycles. The van der Waals surface area contributed by atoms with Gasteiger partial charge in [-0.1, -0.05) is 51.0 Å². The van der Waals surface area contributed by atoms with E-state index >= 15 is 0 Å². The summed E-state index contributed by atoms with van der Waals surface area (Å²) in [4.78, 5) is 0. The van der Waals surface area contributed by atoms with E-state index in [2.05, 4.69) is 32.6 Å². The molecule has 4 heteroatoms. The molecule has 3 N–H and O–H groups in total. The summed E-state index contributed by atoms with van der Waals surface area (Å²) >= 11 is 0. The molecule has 0 aromatic rings. The molecular formula is C30H50O4. The topological polar surface area (TPSA) is 69.9 Å². The predicted molar refractivity (Wildman–Crippen MR) is 139 cm³/mol. The molecule has 3 fully saturated rings. The highest BCUT2D eigenvalue weighted by Gasteiger charge is 2.50. The summed E-state index contributed by atoms with van der Waals surface area (Å²) in [5.74, 6) is 2.13. The van der Waals surface area contributed by atoms with Crippen LogP contribution in [0.15, 0.2) is 35.5 Å². The van der Waals surface area contributed by atoms with Crippen LogP contribution in [0, 0.1) is 23.2 Å². The Morgan fingerprint density at radius 2 is 1.97 bits per heavy atom. The Hall–Kier alpha value is -0.940. The Labute approximate surface area is 208 Å². The summed E-state index contributed by atoms with van der Waals surface area (Å²) in [5, 5.41) is 29.6. The second-order valence-electron chi connectivity index (χ2n) is 12.3. The van der Waals surface area contributed by atoms with Gasteiger partial charge in [0.1, 0.15) is 0 Å². The number of aliphatic hydroxyl groups excluding tert-OH is 2. The van der Waals surface area contributed by atoms with Gasteiger partial charge in [-0.15, -0.1) is 0 Å². The number of hydrogen-bond donors (Lipinski definition) is 3. The minimum atomic E-state index is -0.557. The summed E-state index contributed by atoms with van der Waals surface area (Å²) in [6.45, 7) is 13.7. The van der Waals surface area contributed by atoms with Crippen LogP contribution in [-0.4, -0.2) is 46.3 Å². The van der Waals surface area contributed by atoms with Crippen molar-refractivity contribution in [3.8, 4) is 0 Å². The molecule has 0 aromatic heterocycles. The van der Waals surface area contributed by atoms with Crippen LogP contribution in [0.25, 0.3) is 0 Å². The Bertz CT molecular complexity index is 745. The van der Waals surface area contributed by atoms with Crippen molar-refractivity contribution >= 4 is 0 Å². The van der Waals surface area contributed by atoms with Crippen LogP contribution in [-0.2, 0) is 4.74 Å². The van der Waals surface area contributed by atoms with Crippen LogP contribution in [0.2, 0.25) is 0 Å². The monoisotopic (exact) mass is 474 g/mol. The standard InChI is InChI=1S/C30H50O4/c1-21(9-6-15-29(3,4)33)25-13-14-26-23(10-7-16-30(25,26)5)11-12-24-20-27(32)28(19-22(24)2)34-18-8-17-31/h11-12,21,25-28,31-33H,2,6-10,13-20H2,1,3-5H3/b23-11+,24-12-/t21?,25?,26-,27+,28-,30+/m0/s1. The average molecular weight is 475 g/mol. The van der Waals surface area contributed by atoms with Crippen molar-refractivity contribution in [3.05, 3.63) is 35.5 Å². The maximum Gasteiger partial charge on any atom is 0.0877 e. The molecule has 0 heterocycles. The molecule has 6 atom stereocenters. The first-order chi connectivity index (χ1) is 16.0. The van der Waals surface area contributed by atoms with Gasteiger partial charge in [-0.25, -0.2) is 0 Å². The molecule has 194 valence electrons. The average Bonchev–Trinajstić information content (AvgIpc) is 3.11. The van der Waals surface area contributed by atoms with Crippen LogP contribution in [0.1, 0.15) is 98.3 Å². The van der Waals surface area contributed by atoms with E-state index in [9.17, 15) is 10.2 Å². The number of ether oxygens (including phenoxy) is 1. The van der Waals surface area contributed by atoms with Gasteiger partial charge in [0.25, 0.3) is 0 Å². The zero-order chi connectivity index (χ0) is 24.9. The molecule has 0 spiro atoms. The Morgan fingerprint density at radius 3 is 2.68 bits per heavy atom. The number of rotatable bonds is 10. The van der Waals surface area contributed by atoms with Crippen LogP contribution in [0.5, 0.6) is 0 Å². The second-order valence-corrected chi connectivity index (χ2v) is 12.3. The summed E-state index contributed by atoms with van der Waals surface area (Å²) in [5.41, 5.74) is 3.64. The molecule has 34 heavy (non-hydrogen) atoms. The molecule has 0 saturated heterocycles. The highest BCUT2D eigenvalue weighted by molar-refractivity contribution is 5.37. The summed E-state index contributed by atoms with van der Waals surface area (Å²) in [7, 11) is 0. The van der Waals surface area contributed by atoms with Gasteiger partial charge < -0.3 is 20.1 Å². The van der Waals surface area contributed by atoms with Crippen LogP contribution in [0.3, 0.4) is 0 Å². The molecule has 0 radical (unpaired) electrons. The highest BCUT2D eigenvalue weighted by atomic mass is 16.5. The molecule has 2 unspecified atom stereocenters. The van der Waals surface area contributed by atoms with E-state index in [4.69, 9.17) is 9.84 Å². The Balaban J connectivity index is 1.63. The van der Waals surface area contributed by atoms with Crippen LogP contribution >= 0.6 is 0 Å². The largest absolute Gasteiger partial charge is 0.396 e. The van der Waals surface area contributed by atoms with Gasteiger partial charge in [0.05, 0.1) is 17.8 Å². The molecular weight excluding hydrogens is 424 g/mol. The minimum Gasteiger partial charge on any atom is -0.396 e. The SMILES string of the molecule is C=C1C[C@H](OCCCO)[C@H](O)C/C1=C/C=C1\CCC[C@]2(C)C(C(C)CCCC(C)(C)O)CC[C@@H]12. The maximum atomic E-state index is 10.6. The van der Waals surface area contributed by atoms with Gasteiger partial charge in [-0.05, 0) is 93.1 Å². The maximum absolute atomic E-state index is 10.6. The smallest absolute Gasteiger partial charge is 0.0877 e. The van der Waals surface area contributed by atoms with Crippen molar-refractivity contribution in [1.82, 2.24) is 0 Å². The molecule has 3 aliphatic rings. The molecule has 0 aromatic carbocycles. The van der Waals surface area contributed by atoms with Gasteiger partial charge in [0, 0.05) is 26.1 Å². The van der Waals surface area contributed by atoms with E-state index < -0.39 is 11.7 Å². The first-order valence-electron chi connectivity index (χ1n) is 13.8. The first kappa shape index (κ1) is 27.6. The summed E-state index contributed by atoms with van der Waals surface area (Å²) in [6, 6.07) is 0. The van der Waals surface area contributed by atoms with E-state index in [0.717, 1.165) is 29.9 Å². The third-order valence-corrected chi connectivity index (χ3v) is 9.07. The molecule has 0 bridgehead atoms. The minimum absolute atomic E-state index is 0.114. The molecule has 0 amide bonds. The molecule has 4 nitrogen and oxygen atoms in total. The van der Waals surface area contributed by atoms with Crippen LogP contribution < -0.4 is 0 Å². The number of hydrogen-bond acceptors (Lipinski definition) is 4. The van der Waals surface area contributed by atoms with Crippen molar-refractivity contribution in [3.63, 3.8) is 0 Å². The lowest BCUT2D eigenvalue weighted by Crippen LogP contribution is -2.36. The van der Waals surface area contributed by atoms with E-state index in [1.165, 1.54) is 38.5 Å². The van der Waals surface area contributed by atoms with Crippen molar-refractivity contribution in [1.29, 1.82) is 0 Å². The molecule has 3 aliphatic carbocycles. The quantitative estimate of drug-likeness (QED) is 0.334. The number of fused-ring (bicyclic) bond motifs is 1. The fourth-order valence-electron chi connectivity index (χ4n) is 7.15. The summed E-state index contributed by atoms with van der Waals surface area (Å²) < 4.78 is 5.77. The van der Waals surface area contributed by atoms with Crippen LogP contribution in [0.4, 0.5) is 0 Å². The Kier molecular flexibility index (Phi) is 9.65. The zero-order valence-electron chi connectivity index (χ0n) is 22.2. The third-order valence-electron chi connectivity index (χ3n) is 9.07. The summed E-state index contributed by atoms with van der Waals surface area (Å²) in [6.07, 6.45) is 15.3. The molecule has 3 rings (SSSR count). The van der Waals surface area contributed by atoms with E-state index in [-0.39, 0.29) is 12.7 Å². The molecule has 3 saturated carbocycles. The first-order valence-corrected chi connectivity index (χ1v) is 13.8. The van der Waals surface area contributed by atoms with Gasteiger partial charge in [-0.2, -0.15) is 0 Å². The lowest BCUT2D eigenvalue weighted by atomic mass is 9.60. The van der Waals surface area contributed by atoms with Crippen molar-refractivity contribution in [2.24, 2.45) is 23.2 Å². The Morgan fingerprint density at radius 1 is 1.21 bits per heavy atom. The van der Waals surface area contributed by atoms with Gasteiger partial charge >= 0.3 is 0 Å². The predicted octanol–water partition coefficient (Wildman–Crippen LogP) is 6.11. The zero-order valence-corrected chi connectivity index (χ0v) is 22.2. The lowest BCUT2D eigenvalue weighted by molar-refractivity contribution is -0.0446. The second kappa shape index (κ2) is 11.9. The van der Waals surface area contributed by atoms with Gasteiger partial charge in [0.15, 0.2) is 0 Å². The highest BCUT2D eigenvalue weighted by Crippen LogP contribution is 2.60. The van der Waals surface area contributed by atoms with Crippen molar-refractivity contribution in [2.45, 2.75) is 116 Å². The van der Waals surface area contributed by atoms with E-state index in [0.29, 0.717) is 43.1 Å².